The average Bonchev–Trinajstić information content (AvgIpc) is 2.38. The summed E-state index contributed by atoms with van der Waals surface area (Å²) in [5.74, 6) is 1.45. The summed E-state index contributed by atoms with van der Waals surface area (Å²) in [5.41, 5.74) is 1.82. The Labute approximate surface area is 106 Å². The van der Waals surface area contributed by atoms with E-state index in [1.54, 1.807) is 26.4 Å². The highest BCUT2D eigenvalue weighted by Crippen LogP contribution is 2.36. The molecule has 0 aliphatic rings. The number of halogens is 1. The molecule has 0 fully saturated rings. The van der Waals surface area contributed by atoms with E-state index < -0.39 is 0 Å². The van der Waals surface area contributed by atoms with Gasteiger partial charge in [-0.1, -0.05) is 23.7 Å². The Hall–Kier alpha value is -1.67. The van der Waals surface area contributed by atoms with Crippen LogP contribution in [0.15, 0.2) is 36.4 Å². The van der Waals surface area contributed by atoms with E-state index in [0.29, 0.717) is 10.8 Å². The fourth-order valence-electron chi connectivity index (χ4n) is 1.64. The monoisotopic (exact) mass is 247 g/mol. The first kappa shape index (κ1) is 11.8. The van der Waals surface area contributed by atoms with Crippen molar-refractivity contribution in [3.63, 3.8) is 0 Å². The van der Waals surface area contributed by atoms with Gasteiger partial charge in [-0.05, 0) is 29.8 Å². The molecule has 0 saturated carbocycles. The maximum atomic E-state index is 6.19. The lowest BCUT2D eigenvalue weighted by atomic mass is 10.0. The number of benzene rings is 2. The Balaban J connectivity index is 2.51. The maximum absolute atomic E-state index is 6.19. The molecule has 87 valence electrons. The molecular formula is C14H12ClO2. The SMILES string of the molecule is COc1ccc(-c2c(OC)[c]ccc2Cl)cc1. The number of rotatable bonds is 3. The highest BCUT2D eigenvalue weighted by atomic mass is 35.5. The third-order valence-corrected chi connectivity index (χ3v) is 2.81. The smallest absolute Gasteiger partial charge is 0.136 e. The Morgan fingerprint density at radius 2 is 1.71 bits per heavy atom. The summed E-state index contributed by atoms with van der Waals surface area (Å²) >= 11 is 6.19. The van der Waals surface area contributed by atoms with Gasteiger partial charge in [0.1, 0.15) is 11.5 Å². The van der Waals surface area contributed by atoms with E-state index in [-0.39, 0.29) is 0 Å². The molecule has 2 aromatic rings. The second kappa shape index (κ2) is 5.11. The fraction of sp³-hybridized carbons (Fsp3) is 0.143. The Morgan fingerprint density at radius 1 is 1.00 bits per heavy atom. The summed E-state index contributed by atoms with van der Waals surface area (Å²) in [4.78, 5) is 0. The van der Waals surface area contributed by atoms with Crippen LogP contribution in [0.4, 0.5) is 0 Å². The molecule has 2 nitrogen and oxygen atoms in total. The van der Waals surface area contributed by atoms with E-state index in [1.165, 1.54) is 0 Å². The first-order chi connectivity index (χ1) is 8.26. The van der Waals surface area contributed by atoms with E-state index in [1.807, 2.05) is 24.3 Å². The molecule has 0 unspecified atom stereocenters. The number of hydrogen-bond donors (Lipinski definition) is 0. The quantitative estimate of drug-likeness (QED) is 0.821. The summed E-state index contributed by atoms with van der Waals surface area (Å²) in [6.45, 7) is 0. The Morgan fingerprint density at radius 3 is 2.29 bits per heavy atom. The molecule has 0 aromatic heterocycles. The number of ether oxygens (including phenoxy) is 2. The van der Waals surface area contributed by atoms with Crippen molar-refractivity contribution in [1.29, 1.82) is 0 Å². The van der Waals surface area contributed by atoms with E-state index in [2.05, 4.69) is 6.07 Å². The van der Waals surface area contributed by atoms with E-state index >= 15 is 0 Å². The first-order valence-electron chi connectivity index (χ1n) is 5.15. The third-order valence-electron chi connectivity index (χ3n) is 2.49. The van der Waals surface area contributed by atoms with Gasteiger partial charge in [-0.2, -0.15) is 0 Å². The van der Waals surface area contributed by atoms with Crippen LogP contribution >= 0.6 is 11.6 Å². The van der Waals surface area contributed by atoms with E-state index in [9.17, 15) is 0 Å². The summed E-state index contributed by atoms with van der Waals surface area (Å²) in [5, 5.41) is 0.644. The van der Waals surface area contributed by atoms with Gasteiger partial charge >= 0.3 is 0 Å². The summed E-state index contributed by atoms with van der Waals surface area (Å²) < 4.78 is 10.4. The molecule has 0 aliphatic carbocycles. The molecule has 0 aliphatic heterocycles. The molecule has 0 bridgehead atoms. The topological polar surface area (TPSA) is 18.5 Å². The lowest BCUT2D eigenvalue weighted by molar-refractivity contribution is 0.414. The van der Waals surface area contributed by atoms with Crippen LogP contribution < -0.4 is 9.47 Å². The third kappa shape index (κ3) is 2.37. The van der Waals surface area contributed by atoms with Crippen LogP contribution in [-0.2, 0) is 0 Å². The number of methoxy groups -OCH3 is 2. The maximum Gasteiger partial charge on any atom is 0.136 e. The van der Waals surface area contributed by atoms with Gasteiger partial charge in [0, 0.05) is 11.6 Å². The van der Waals surface area contributed by atoms with Gasteiger partial charge in [0.05, 0.1) is 19.2 Å². The fourth-order valence-corrected chi connectivity index (χ4v) is 1.90. The zero-order valence-corrected chi connectivity index (χ0v) is 10.4. The summed E-state index contributed by atoms with van der Waals surface area (Å²) in [6, 6.07) is 14.2. The van der Waals surface area contributed by atoms with Crippen LogP contribution in [-0.4, -0.2) is 14.2 Å². The van der Waals surface area contributed by atoms with Crippen molar-refractivity contribution in [2.24, 2.45) is 0 Å². The second-order valence-electron chi connectivity index (χ2n) is 3.46. The lowest BCUT2D eigenvalue weighted by Crippen LogP contribution is -1.89. The van der Waals surface area contributed by atoms with E-state index in [4.69, 9.17) is 21.1 Å². The summed E-state index contributed by atoms with van der Waals surface area (Å²) in [6.07, 6.45) is 0. The molecule has 0 heterocycles. The van der Waals surface area contributed by atoms with Gasteiger partial charge < -0.3 is 9.47 Å². The normalized spacial score (nSPS) is 10.1. The lowest BCUT2D eigenvalue weighted by Gasteiger charge is -2.10. The Kier molecular flexibility index (Phi) is 3.55. The number of hydrogen-bond acceptors (Lipinski definition) is 2. The molecule has 2 aromatic carbocycles. The van der Waals surface area contributed by atoms with Gasteiger partial charge in [-0.25, -0.2) is 0 Å². The van der Waals surface area contributed by atoms with Crippen LogP contribution in [0.25, 0.3) is 11.1 Å². The van der Waals surface area contributed by atoms with E-state index in [0.717, 1.165) is 16.9 Å². The molecule has 1 radical (unpaired) electrons. The van der Waals surface area contributed by atoms with Crippen LogP contribution in [0.5, 0.6) is 11.5 Å². The van der Waals surface area contributed by atoms with Crippen LogP contribution in [0.3, 0.4) is 0 Å². The first-order valence-corrected chi connectivity index (χ1v) is 5.52. The summed E-state index contributed by atoms with van der Waals surface area (Å²) in [7, 11) is 3.24. The van der Waals surface area contributed by atoms with Crippen molar-refractivity contribution in [2.75, 3.05) is 14.2 Å². The van der Waals surface area contributed by atoms with Crippen molar-refractivity contribution < 1.29 is 9.47 Å². The van der Waals surface area contributed by atoms with Crippen LogP contribution in [0.2, 0.25) is 5.02 Å². The largest absolute Gasteiger partial charge is 0.497 e. The molecular weight excluding hydrogens is 236 g/mol. The molecule has 0 amide bonds. The van der Waals surface area contributed by atoms with Crippen LogP contribution in [0.1, 0.15) is 0 Å². The van der Waals surface area contributed by atoms with Crippen LogP contribution in [0, 0.1) is 6.07 Å². The minimum atomic E-state index is 0.641. The Bertz CT molecular complexity index is 506. The van der Waals surface area contributed by atoms with Crippen molar-refractivity contribution in [2.45, 2.75) is 0 Å². The zero-order valence-electron chi connectivity index (χ0n) is 9.66. The minimum absolute atomic E-state index is 0.641. The molecule has 0 saturated heterocycles. The van der Waals surface area contributed by atoms with Gasteiger partial charge in [0.15, 0.2) is 0 Å². The van der Waals surface area contributed by atoms with Crippen molar-refractivity contribution in [1.82, 2.24) is 0 Å². The van der Waals surface area contributed by atoms with Crippen molar-refractivity contribution >= 4 is 11.6 Å². The van der Waals surface area contributed by atoms with Gasteiger partial charge in [0.2, 0.25) is 0 Å². The molecule has 0 spiro atoms. The molecule has 3 heteroatoms. The van der Waals surface area contributed by atoms with Crippen molar-refractivity contribution in [3.05, 3.63) is 47.5 Å². The van der Waals surface area contributed by atoms with Gasteiger partial charge in [-0.3, -0.25) is 0 Å². The minimum Gasteiger partial charge on any atom is -0.497 e. The van der Waals surface area contributed by atoms with Gasteiger partial charge in [-0.15, -0.1) is 0 Å². The predicted octanol–water partition coefficient (Wildman–Crippen LogP) is 3.82. The molecule has 2 rings (SSSR count). The van der Waals surface area contributed by atoms with Crippen molar-refractivity contribution in [3.8, 4) is 22.6 Å². The molecule has 0 N–H and O–H groups in total. The highest BCUT2D eigenvalue weighted by Gasteiger charge is 2.10. The predicted molar refractivity (Wildman–Crippen MR) is 68.8 cm³/mol. The average molecular weight is 248 g/mol. The molecule has 17 heavy (non-hydrogen) atoms. The molecule has 0 atom stereocenters. The second-order valence-corrected chi connectivity index (χ2v) is 3.87. The highest BCUT2D eigenvalue weighted by molar-refractivity contribution is 6.33. The standard InChI is InChI=1S/C14H12ClO2/c1-16-11-8-6-10(7-9-11)14-12(15)4-3-5-13(14)17-2/h3-4,6-9H,1-2H3. The zero-order chi connectivity index (χ0) is 12.3. The van der Waals surface area contributed by atoms with Gasteiger partial charge in [0.25, 0.3) is 0 Å².